The molecule has 0 spiro atoms. The minimum atomic E-state index is -1.31. The highest BCUT2D eigenvalue weighted by Crippen LogP contribution is 2.40. The summed E-state index contributed by atoms with van der Waals surface area (Å²) < 4.78 is 4.93. The van der Waals surface area contributed by atoms with Gasteiger partial charge in [0.25, 0.3) is 11.8 Å². The topological polar surface area (TPSA) is 171 Å². The molecule has 1 unspecified atom stereocenters. The summed E-state index contributed by atoms with van der Waals surface area (Å²) in [5.74, 6) is -3.02. The number of nitrogens with zero attached hydrogens (tertiary/aromatic N) is 2. The van der Waals surface area contributed by atoms with Crippen LogP contribution in [0.4, 0.5) is 5.69 Å². The van der Waals surface area contributed by atoms with Crippen molar-refractivity contribution in [2.45, 2.75) is 24.8 Å². The Hall–Kier alpha value is -4.65. The highest BCUT2D eigenvalue weighted by Gasteiger charge is 2.54. The summed E-state index contributed by atoms with van der Waals surface area (Å²) in [6.07, 6.45) is -0.128. The highest BCUT2D eigenvalue weighted by atomic mass is 32.2. The number of β-lactam (4-membered cyclic amide) rings is 1. The Bertz CT molecular complexity index is 1520. The molecule has 0 aliphatic carbocycles. The Balaban J connectivity index is 1.25. The van der Waals surface area contributed by atoms with Crippen molar-refractivity contribution in [2.75, 3.05) is 17.7 Å². The van der Waals surface area contributed by atoms with E-state index in [0.29, 0.717) is 22.3 Å². The number of carboxylic acid groups (broad SMARTS) is 1. The first-order valence-corrected chi connectivity index (χ1v) is 12.9. The predicted molar refractivity (Wildman–Crippen MR) is 141 cm³/mol. The maximum absolute atomic E-state index is 12.9. The molecule has 3 heterocycles. The maximum Gasteiger partial charge on any atom is 0.352 e. The number of fused-ring (bicyclic) bond motifs is 2. The van der Waals surface area contributed by atoms with Crippen LogP contribution >= 0.6 is 11.8 Å². The van der Waals surface area contributed by atoms with Gasteiger partial charge in [-0.15, -0.1) is 11.8 Å². The number of aliphatic carboxylic acids is 1. The second-order valence-corrected chi connectivity index (χ2v) is 9.99. The van der Waals surface area contributed by atoms with Gasteiger partial charge in [-0.25, -0.2) is 9.78 Å². The molecule has 2 aromatic carbocycles. The van der Waals surface area contributed by atoms with Crippen molar-refractivity contribution < 1.29 is 33.8 Å². The Labute approximate surface area is 225 Å². The molecule has 0 radical (unpaired) electrons. The zero-order valence-electron chi connectivity index (χ0n) is 20.6. The maximum atomic E-state index is 12.9. The van der Waals surface area contributed by atoms with E-state index in [1.54, 1.807) is 36.4 Å². The molecule has 2 aliphatic heterocycles. The van der Waals surface area contributed by atoms with Gasteiger partial charge in [-0.1, -0.05) is 30.3 Å². The summed E-state index contributed by atoms with van der Waals surface area (Å²) in [6, 6.07) is 13.1. The lowest BCUT2D eigenvalue weighted by molar-refractivity contribution is -0.151. The van der Waals surface area contributed by atoms with Crippen molar-refractivity contribution in [3.63, 3.8) is 0 Å². The van der Waals surface area contributed by atoms with E-state index in [1.165, 1.54) is 18.7 Å². The average molecular weight is 550 g/mol. The van der Waals surface area contributed by atoms with Gasteiger partial charge in [0.1, 0.15) is 23.7 Å². The third-order valence-electron chi connectivity index (χ3n) is 6.24. The van der Waals surface area contributed by atoms with Gasteiger partial charge in [0.15, 0.2) is 5.82 Å². The number of para-hydroxylation sites is 3. The minimum absolute atomic E-state index is 0.125. The van der Waals surface area contributed by atoms with E-state index in [1.807, 2.05) is 12.1 Å². The van der Waals surface area contributed by atoms with Gasteiger partial charge in [0.2, 0.25) is 5.91 Å². The molecule has 3 aromatic rings. The van der Waals surface area contributed by atoms with Crippen LogP contribution < -0.4 is 10.6 Å². The van der Waals surface area contributed by atoms with Gasteiger partial charge < -0.3 is 25.5 Å². The van der Waals surface area contributed by atoms with Crippen molar-refractivity contribution in [3.8, 4) is 0 Å². The predicted octanol–water partition coefficient (Wildman–Crippen LogP) is 1.66. The normalized spacial score (nSPS) is 18.3. The smallest absolute Gasteiger partial charge is 0.352 e. The van der Waals surface area contributed by atoms with Gasteiger partial charge in [-0.2, -0.15) is 0 Å². The summed E-state index contributed by atoms with van der Waals surface area (Å²) in [4.78, 5) is 69.9. The second-order valence-electron chi connectivity index (χ2n) is 8.88. The molecule has 12 nitrogen and oxygen atoms in total. The van der Waals surface area contributed by atoms with Crippen molar-refractivity contribution in [2.24, 2.45) is 0 Å². The molecule has 1 fully saturated rings. The van der Waals surface area contributed by atoms with Crippen molar-refractivity contribution >= 4 is 58.1 Å². The fourth-order valence-electron chi connectivity index (χ4n) is 4.42. The number of aromatic nitrogens is 2. The van der Waals surface area contributed by atoms with Gasteiger partial charge >= 0.3 is 11.9 Å². The van der Waals surface area contributed by atoms with Gasteiger partial charge in [-0.3, -0.25) is 24.1 Å². The number of ether oxygens (including phenoxy) is 1. The largest absolute Gasteiger partial charge is 0.477 e. The highest BCUT2D eigenvalue weighted by molar-refractivity contribution is 8.00. The molecule has 2 aliphatic rings. The number of hydrogen-bond donors (Lipinski definition) is 4. The zero-order chi connectivity index (χ0) is 27.7. The first-order valence-electron chi connectivity index (χ1n) is 11.9. The number of carbonyl (C=O) groups is 5. The van der Waals surface area contributed by atoms with Crippen LogP contribution in [-0.2, 0) is 30.3 Å². The monoisotopic (exact) mass is 549 g/mol. The zero-order valence-corrected chi connectivity index (χ0v) is 21.4. The number of rotatable bonds is 8. The molecule has 1 saturated heterocycles. The molecule has 5 rings (SSSR count). The standard InChI is InChI=1S/C26H23N5O7S/c1-13(32)38-11-15-12-39-25-20(24(35)31(25)21(15)26(36)37)30-19(33)10-14-6-2-3-7-16(14)29-23(34)22-27-17-8-4-5-9-18(17)28-22/h2-9,20,25H,10-12H2,1H3,(H,27,28)(H,29,34)(H,30,33)(H,36,37)/t20?,25-/m1/s1. The number of benzene rings is 2. The molecule has 0 saturated carbocycles. The summed E-state index contributed by atoms with van der Waals surface area (Å²) in [5, 5.41) is 14.5. The van der Waals surface area contributed by atoms with E-state index >= 15 is 0 Å². The molecule has 13 heteroatoms. The Morgan fingerprint density at radius 1 is 1.15 bits per heavy atom. The number of amides is 3. The van der Waals surface area contributed by atoms with Crippen LogP contribution in [0.1, 0.15) is 23.1 Å². The molecular weight excluding hydrogens is 526 g/mol. The van der Waals surface area contributed by atoms with Crippen LogP contribution in [0.15, 0.2) is 59.8 Å². The number of esters is 1. The third kappa shape index (κ3) is 5.21. The van der Waals surface area contributed by atoms with Gasteiger partial charge in [0.05, 0.1) is 17.5 Å². The fourth-order valence-corrected chi connectivity index (χ4v) is 5.75. The Morgan fingerprint density at radius 2 is 1.90 bits per heavy atom. The van der Waals surface area contributed by atoms with Crippen molar-refractivity contribution in [1.29, 1.82) is 0 Å². The van der Waals surface area contributed by atoms with E-state index < -0.39 is 41.1 Å². The Morgan fingerprint density at radius 3 is 2.64 bits per heavy atom. The molecule has 200 valence electrons. The number of imidazole rings is 1. The summed E-state index contributed by atoms with van der Waals surface area (Å²) in [5.41, 5.74) is 2.39. The van der Waals surface area contributed by atoms with Crippen molar-refractivity contribution in [1.82, 2.24) is 20.2 Å². The fraction of sp³-hybridized carbons (Fsp3) is 0.231. The van der Waals surface area contributed by atoms with Crippen LogP contribution in [0, 0.1) is 0 Å². The molecule has 2 atom stereocenters. The van der Waals surface area contributed by atoms with E-state index in [2.05, 4.69) is 20.6 Å². The Kier molecular flexibility index (Phi) is 7.07. The SMILES string of the molecule is CC(=O)OCC1=C(C(=O)O)N2C(=O)C(NC(=O)Cc3ccccc3NC(=O)c3nc4ccccc4[nH]3)[C@H]2SC1. The molecule has 3 amide bonds. The number of H-pyrrole nitrogens is 1. The summed E-state index contributed by atoms with van der Waals surface area (Å²) in [6.45, 7) is 0.983. The lowest BCUT2D eigenvalue weighted by Gasteiger charge is -2.49. The van der Waals surface area contributed by atoms with Gasteiger partial charge in [-0.05, 0) is 23.8 Å². The number of carboxylic acids is 1. The van der Waals surface area contributed by atoms with Crippen LogP contribution in [0.2, 0.25) is 0 Å². The van der Waals surface area contributed by atoms with Crippen LogP contribution in [-0.4, -0.2) is 73.4 Å². The quantitative estimate of drug-likeness (QED) is 0.241. The molecular formula is C26H23N5O7S. The number of anilines is 1. The molecule has 1 aromatic heterocycles. The lowest BCUT2D eigenvalue weighted by atomic mass is 10.0. The first-order chi connectivity index (χ1) is 18.7. The summed E-state index contributed by atoms with van der Waals surface area (Å²) >= 11 is 1.28. The van der Waals surface area contributed by atoms with E-state index in [9.17, 15) is 29.1 Å². The average Bonchev–Trinajstić information content (AvgIpc) is 3.35. The van der Waals surface area contributed by atoms with Crippen molar-refractivity contribution in [3.05, 3.63) is 71.2 Å². The number of nitrogens with one attached hydrogen (secondary N) is 3. The lowest BCUT2D eigenvalue weighted by Crippen LogP contribution is -2.70. The number of aromatic amines is 1. The van der Waals surface area contributed by atoms with Crippen LogP contribution in [0.3, 0.4) is 0 Å². The van der Waals surface area contributed by atoms with Gasteiger partial charge in [0, 0.05) is 23.9 Å². The second kappa shape index (κ2) is 10.6. The number of thioether (sulfide) groups is 1. The third-order valence-corrected chi connectivity index (χ3v) is 7.58. The van der Waals surface area contributed by atoms with E-state index in [4.69, 9.17) is 4.74 Å². The number of carbonyl (C=O) groups excluding carboxylic acids is 4. The molecule has 39 heavy (non-hydrogen) atoms. The van der Waals surface area contributed by atoms with Crippen LogP contribution in [0.25, 0.3) is 11.0 Å². The minimum Gasteiger partial charge on any atom is -0.477 e. The number of hydrogen-bond acceptors (Lipinski definition) is 8. The first kappa shape index (κ1) is 26.0. The van der Waals surface area contributed by atoms with E-state index in [-0.39, 0.29) is 30.3 Å². The summed E-state index contributed by atoms with van der Waals surface area (Å²) in [7, 11) is 0. The molecule has 0 bridgehead atoms. The van der Waals surface area contributed by atoms with E-state index in [0.717, 1.165) is 10.4 Å². The van der Waals surface area contributed by atoms with Crippen LogP contribution in [0.5, 0.6) is 0 Å². The molecule has 4 N–H and O–H groups in total.